The lowest BCUT2D eigenvalue weighted by Crippen LogP contribution is -2.17. The second-order valence-electron chi connectivity index (χ2n) is 4.84. The van der Waals surface area contributed by atoms with Crippen LogP contribution in [0.4, 0.5) is 5.82 Å². The zero-order valence-corrected chi connectivity index (χ0v) is 12.9. The molecule has 2 aromatic rings. The molecule has 2 rings (SSSR count). The molecule has 0 spiro atoms. The molecule has 114 valence electrons. The summed E-state index contributed by atoms with van der Waals surface area (Å²) in [6, 6.07) is 9.43. The third kappa shape index (κ3) is 3.26. The Morgan fingerprint density at radius 2 is 2.27 bits per heavy atom. The van der Waals surface area contributed by atoms with Crippen molar-refractivity contribution in [2.45, 2.75) is 19.8 Å². The highest BCUT2D eigenvalue weighted by atomic mass is 16.5. The highest BCUT2D eigenvalue weighted by Crippen LogP contribution is 2.19. The summed E-state index contributed by atoms with van der Waals surface area (Å²) < 4.78 is 6.67. The SMILES string of the molecule is CCc1nn(C)c(NC(=O)Cc2cccc(OC)c2)c1C#N. The number of carbonyl (C=O) groups is 1. The van der Waals surface area contributed by atoms with E-state index in [1.165, 1.54) is 4.68 Å². The predicted molar refractivity (Wildman–Crippen MR) is 82.6 cm³/mol. The number of amides is 1. The molecule has 6 heteroatoms. The number of ether oxygens (including phenoxy) is 1. The fourth-order valence-electron chi connectivity index (χ4n) is 2.23. The average molecular weight is 298 g/mol. The number of nitrogens with zero attached hydrogens (tertiary/aromatic N) is 3. The van der Waals surface area contributed by atoms with Crippen molar-refractivity contribution < 1.29 is 9.53 Å². The van der Waals surface area contributed by atoms with Crippen LogP contribution in [0.3, 0.4) is 0 Å². The number of rotatable bonds is 5. The molecule has 0 atom stereocenters. The van der Waals surface area contributed by atoms with Crippen LogP contribution in [0.15, 0.2) is 24.3 Å². The molecule has 1 amide bonds. The maximum absolute atomic E-state index is 12.2. The lowest BCUT2D eigenvalue weighted by atomic mass is 10.1. The molecular formula is C16H18N4O2. The van der Waals surface area contributed by atoms with E-state index in [0.717, 1.165) is 5.56 Å². The highest BCUT2D eigenvalue weighted by Gasteiger charge is 2.17. The summed E-state index contributed by atoms with van der Waals surface area (Å²) in [6.07, 6.45) is 0.844. The summed E-state index contributed by atoms with van der Waals surface area (Å²) in [7, 11) is 3.29. The van der Waals surface area contributed by atoms with Crippen LogP contribution in [0.2, 0.25) is 0 Å². The van der Waals surface area contributed by atoms with E-state index in [0.29, 0.717) is 29.2 Å². The third-order valence-corrected chi connectivity index (χ3v) is 3.32. The quantitative estimate of drug-likeness (QED) is 0.916. The van der Waals surface area contributed by atoms with Gasteiger partial charge < -0.3 is 10.1 Å². The van der Waals surface area contributed by atoms with Gasteiger partial charge in [-0.1, -0.05) is 19.1 Å². The molecule has 0 aliphatic rings. The number of carbonyl (C=O) groups excluding carboxylic acids is 1. The number of benzene rings is 1. The van der Waals surface area contributed by atoms with Crippen LogP contribution in [0.1, 0.15) is 23.7 Å². The van der Waals surface area contributed by atoms with Gasteiger partial charge in [0.1, 0.15) is 23.2 Å². The smallest absolute Gasteiger partial charge is 0.229 e. The lowest BCUT2D eigenvalue weighted by molar-refractivity contribution is -0.115. The first-order valence-corrected chi connectivity index (χ1v) is 6.97. The Kier molecular flexibility index (Phi) is 4.79. The molecular weight excluding hydrogens is 280 g/mol. The maximum atomic E-state index is 12.2. The van der Waals surface area contributed by atoms with Gasteiger partial charge in [0.25, 0.3) is 0 Å². The van der Waals surface area contributed by atoms with E-state index in [-0.39, 0.29) is 12.3 Å². The van der Waals surface area contributed by atoms with Crippen molar-refractivity contribution in [3.8, 4) is 11.8 Å². The van der Waals surface area contributed by atoms with Crippen LogP contribution in [0, 0.1) is 11.3 Å². The summed E-state index contributed by atoms with van der Waals surface area (Å²) in [5, 5.41) is 16.3. The number of nitrogens with one attached hydrogen (secondary N) is 1. The number of aromatic nitrogens is 2. The van der Waals surface area contributed by atoms with Gasteiger partial charge in [-0.25, -0.2) is 0 Å². The summed E-state index contributed by atoms with van der Waals surface area (Å²) in [5.41, 5.74) is 1.94. The number of anilines is 1. The van der Waals surface area contributed by atoms with E-state index in [9.17, 15) is 10.1 Å². The molecule has 1 heterocycles. The van der Waals surface area contributed by atoms with Gasteiger partial charge in [-0.15, -0.1) is 0 Å². The second kappa shape index (κ2) is 6.76. The first-order valence-electron chi connectivity index (χ1n) is 6.97. The number of hydrogen-bond donors (Lipinski definition) is 1. The Hall–Kier alpha value is -2.81. The van der Waals surface area contributed by atoms with Crippen LogP contribution >= 0.6 is 0 Å². The van der Waals surface area contributed by atoms with Gasteiger partial charge in [0.2, 0.25) is 5.91 Å². The van der Waals surface area contributed by atoms with E-state index in [2.05, 4.69) is 16.5 Å². The van der Waals surface area contributed by atoms with Crippen molar-refractivity contribution in [3.05, 3.63) is 41.1 Å². The first kappa shape index (κ1) is 15.6. The van der Waals surface area contributed by atoms with Gasteiger partial charge >= 0.3 is 0 Å². The molecule has 0 bridgehead atoms. The Balaban J connectivity index is 2.16. The summed E-state index contributed by atoms with van der Waals surface area (Å²) in [5.74, 6) is 0.944. The summed E-state index contributed by atoms with van der Waals surface area (Å²) >= 11 is 0. The van der Waals surface area contributed by atoms with E-state index in [1.807, 2.05) is 31.2 Å². The molecule has 0 fully saturated rings. The minimum absolute atomic E-state index is 0.199. The molecule has 0 unspecified atom stereocenters. The summed E-state index contributed by atoms with van der Waals surface area (Å²) in [6.45, 7) is 1.92. The van der Waals surface area contributed by atoms with Crippen LogP contribution in [0.5, 0.6) is 5.75 Å². The Bertz CT molecular complexity index is 728. The topological polar surface area (TPSA) is 79.9 Å². The standard InChI is InChI=1S/C16H18N4O2/c1-4-14-13(10-17)16(20(2)19-14)18-15(21)9-11-6-5-7-12(8-11)22-3/h5-8H,4,9H2,1-3H3,(H,18,21). The number of methoxy groups -OCH3 is 1. The Labute approximate surface area is 129 Å². The number of aryl methyl sites for hydroxylation is 2. The van der Waals surface area contributed by atoms with E-state index in [1.54, 1.807) is 14.2 Å². The van der Waals surface area contributed by atoms with Gasteiger partial charge in [-0.3, -0.25) is 9.48 Å². The van der Waals surface area contributed by atoms with Crippen molar-refractivity contribution in [1.82, 2.24) is 9.78 Å². The van der Waals surface area contributed by atoms with E-state index >= 15 is 0 Å². The molecule has 1 aromatic heterocycles. The molecule has 22 heavy (non-hydrogen) atoms. The normalized spacial score (nSPS) is 10.1. The van der Waals surface area contributed by atoms with Gasteiger partial charge in [0.15, 0.2) is 0 Å². The van der Waals surface area contributed by atoms with Crippen molar-refractivity contribution in [3.63, 3.8) is 0 Å². The molecule has 0 radical (unpaired) electrons. The maximum Gasteiger partial charge on any atom is 0.229 e. The zero-order valence-electron chi connectivity index (χ0n) is 12.9. The molecule has 6 nitrogen and oxygen atoms in total. The minimum atomic E-state index is -0.199. The number of hydrogen-bond acceptors (Lipinski definition) is 4. The van der Waals surface area contributed by atoms with Crippen LogP contribution in [-0.2, 0) is 24.7 Å². The molecule has 0 saturated heterocycles. The molecule has 1 aromatic carbocycles. The van der Waals surface area contributed by atoms with E-state index < -0.39 is 0 Å². The van der Waals surface area contributed by atoms with Gasteiger partial charge in [0, 0.05) is 7.05 Å². The average Bonchev–Trinajstić information content (AvgIpc) is 2.82. The number of nitriles is 1. The van der Waals surface area contributed by atoms with Gasteiger partial charge in [-0.05, 0) is 24.1 Å². The largest absolute Gasteiger partial charge is 0.497 e. The van der Waals surface area contributed by atoms with Crippen LogP contribution in [-0.4, -0.2) is 22.8 Å². The molecule has 0 saturated carbocycles. The Morgan fingerprint density at radius 1 is 1.50 bits per heavy atom. The van der Waals surface area contributed by atoms with Crippen molar-refractivity contribution >= 4 is 11.7 Å². The van der Waals surface area contributed by atoms with Crippen molar-refractivity contribution in [1.29, 1.82) is 5.26 Å². The van der Waals surface area contributed by atoms with Crippen LogP contribution in [0.25, 0.3) is 0 Å². The monoisotopic (exact) mass is 298 g/mol. The third-order valence-electron chi connectivity index (χ3n) is 3.32. The van der Waals surface area contributed by atoms with Gasteiger partial charge in [-0.2, -0.15) is 10.4 Å². The Morgan fingerprint density at radius 3 is 2.91 bits per heavy atom. The molecule has 1 N–H and O–H groups in total. The van der Waals surface area contributed by atoms with Gasteiger partial charge in [0.05, 0.1) is 19.2 Å². The fraction of sp³-hybridized carbons (Fsp3) is 0.312. The van der Waals surface area contributed by atoms with Crippen molar-refractivity contribution in [2.75, 3.05) is 12.4 Å². The zero-order chi connectivity index (χ0) is 16.1. The van der Waals surface area contributed by atoms with E-state index in [4.69, 9.17) is 4.74 Å². The minimum Gasteiger partial charge on any atom is -0.497 e. The van der Waals surface area contributed by atoms with Crippen molar-refractivity contribution in [2.24, 2.45) is 7.05 Å². The fourth-order valence-corrected chi connectivity index (χ4v) is 2.23. The lowest BCUT2D eigenvalue weighted by Gasteiger charge is -2.07. The second-order valence-corrected chi connectivity index (χ2v) is 4.84. The predicted octanol–water partition coefficient (Wildman–Crippen LogP) is 2.04. The summed E-state index contributed by atoms with van der Waals surface area (Å²) in [4.78, 5) is 12.2. The first-order chi connectivity index (χ1) is 10.6. The molecule has 0 aliphatic heterocycles. The highest BCUT2D eigenvalue weighted by molar-refractivity contribution is 5.92. The van der Waals surface area contributed by atoms with Crippen LogP contribution < -0.4 is 10.1 Å². The molecule has 0 aliphatic carbocycles.